The number of hydrogen-bond acceptors (Lipinski definition) is 5. The van der Waals surface area contributed by atoms with Gasteiger partial charge in [0.2, 0.25) is 5.91 Å². The van der Waals surface area contributed by atoms with Crippen LogP contribution in [0.4, 0.5) is 5.82 Å². The lowest BCUT2D eigenvalue weighted by molar-refractivity contribution is -0.113. The molecule has 1 aromatic carbocycles. The van der Waals surface area contributed by atoms with Crippen molar-refractivity contribution in [3.05, 3.63) is 35.5 Å². The van der Waals surface area contributed by atoms with Crippen molar-refractivity contribution in [1.82, 2.24) is 10.2 Å². The molecule has 7 heteroatoms. The number of anilines is 1. The second kappa shape index (κ2) is 6.54. The van der Waals surface area contributed by atoms with Gasteiger partial charge in [-0.3, -0.25) is 9.89 Å². The summed E-state index contributed by atoms with van der Waals surface area (Å²) in [5.74, 6) is 2.36. The van der Waals surface area contributed by atoms with Gasteiger partial charge in [0, 0.05) is 11.1 Å². The molecular weight excluding hydrogens is 314 g/mol. The summed E-state index contributed by atoms with van der Waals surface area (Å²) in [7, 11) is 1.63. The number of hydrogen-bond donors (Lipinski definition) is 2. The molecule has 1 aliphatic rings. The fourth-order valence-electron chi connectivity index (χ4n) is 2.54. The smallest absolute Gasteiger partial charge is 0.235 e. The third kappa shape index (κ3) is 3.14. The van der Waals surface area contributed by atoms with Crippen molar-refractivity contribution in [3.63, 3.8) is 0 Å². The number of methoxy groups -OCH3 is 1. The van der Waals surface area contributed by atoms with Crippen molar-refractivity contribution in [1.29, 1.82) is 0 Å². The summed E-state index contributed by atoms with van der Waals surface area (Å²) in [5.41, 5.74) is 1.91. The molecule has 0 aliphatic carbocycles. The summed E-state index contributed by atoms with van der Waals surface area (Å²) in [5, 5.41) is 9.69. The standard InChI is InChI=1S/C16H19N3O3S/c1-9(2)22-14-10(5-4-6-12(14)21-3)15-11-7-17-19-16(11)18-13(20)8-23-15/h4-7,9,15H,8H2,1-3H3,(H2,17,18,19,20)/t15-/m0/s1. The SMILES string of the molecule is COc1cccc([C@@H]2SCC(=O)Nc3[nH]ncc32)c1OC(C)C. The minimum Gasteiger partial charge on any atom is -0.493 e. The van der Waals surface area contributed by atoms with Gasteiger partial charge in [0.1, 0.15) is 5.82 Å². The minimum atomic E-state index is -0.0634. The molecule has 0 saturated heterocycles. The Morgan fingerprint density at radius 2 is 2.17 bits per heavy atom. The third-order valence-electron chi connectivity index (χ3n) is 3.46. The number of H-pyrrole nitrogens is 1. The monoisotopic (exact) mass is 333 g/mol. The van der Waals surface area contributed by atoms with E-state index in [1.807, 2.05) is 32.0 Å². The number of thioether (sulfide) groups is 1. The topological polar surface area (TPSA) is 76.2 Å². The van der Waals surface area contributed by atoms with Gasteiger partial charge in [0.15, 0.2) is 11.5 Å². The van der Waals surface area contributed by atoms with Crippen LogP contribution in [0.15, 0.2) is 24.4 Å². The molecule has 1 aromatic heterocycles. The van der Waals surface area contributed by atoms with Crippen LogP contribution in [-0.2, 0) is 4.79 Å². The van der Waals surface area contributed by atoms with Crippen molar-refractivity contribution in [2.45, 2.75) is 25.2 Å². The Hall–Kier alpha value is -2.15. The van der Waals surface area contributed by atoms with Crippen LogP contribution in [0.1, 0.15) is 30.2 Å². The van der Waals surface area contributed by atoms with E-state index in [0.717, 1.165) is 11.1 Å². The van der Waals surface area contributed by atoms with Crippen LogP contribution < -0.4 is 14.8 Å². The zero-order valence-electron chi connectivity index (χ0n) is 13.3. The largest absolute Gasteiger partial charge is 0.493 e. The number of rotatable bonds is 4. The molecule has 0 bridgehead atoms. The molecule has 2 aromatic rings. The van der Waals surface area contributed by atoms with Crippen LogP contribution in [0.2, 0.25) is 0 Å². The first kappa shape index (κ1) is 15.7. The lowest BCUT2D eigenvalue weighted by Gasteiger charge is -2.22. The Kier molecular flexibility index (Phi) is 4.47. The predicted molar refractivity (Wildman–Crippen MR) is 90.3 cm³/mol. The van der Waals surface area contributed by atoms with Gasteiger partial charge in [-0.15, -0.1) is 11.8 Å². The molecule has 23 heavy (non-hydrogen) atoms. The Morgan fingerprint density at radius 1 is 1.35 bits per heavy atom. The highest BCUT2D eigenvalue weighted by Crippen LogP contribution is 2.46. The minimum absolute atomic E-state index is 0.0180. The van der Waals surface area contributed by atoms with Gasteiger partial charge < -0.3 is 14.8 Å². The fourth-order valence-corrected chi connectivity index (χ4v) is 3.65. The number of aromatic amines is 1. The molecule has 1 aliphatic heterocycles. The number of carbonyl (C=O) groups is 1. The molecule has 1 amide bonds. The van der Waals surface area contributed by atoms with Crippen LogP contribution in [0.5, 0.6) is 11.5 Å². The zero-order valence-corrected chi connectivity index (χ0v) is 14.1. The van der Waals surface area contributed by atoms with Gasteiger partial charge in [-0.2, -0.15) is 5.10 Å². The molecule has 0 unspecified atom stereocenters. The Labute approximate surface area is 138 Å². The Balaban J connectivity index is 2.10. The second-order valence-electron chi connectivity index (χ2n) is 5.48. The maximum Gasteiger partial charge on any atom is 0.235 e. The van der Waals surface area contributed by atoms with E-state index in [9.17, 15) is 4.79 Å². The van der Waals surface area contributed by atoms with Crippen molar-refractivity contribution in [2.75, 3.05) is 18.2 Å². The van der Waals surface area contributed by atoms with Gasteiger partial charge in [-0.1, -0.05) is 12.1 Å². The van der Waals surface area contributed by atoms with E-state index in [-0.39, 0.29) is 17.3 Å². The maximum atomic E-state index is 11.9. The Morgan fingerprint density at radius 3 is 2.91 bits per heavy atom. The van der Waals surface area contributed by atoms with Crippen LogP contribution >= 0.6 is 11.8 Å². The number of carbonyl (C=O) groups excluding carboxylic acids is 1. The average Bonchev–Trinajstić information content (AvgIpc) is 2.90. The van der Waals surface area contributed by atoms with E-state index < -0.39 is 0 Å². The lowest BCUT2D eigenvalue weighted by atomic mass is 10.0. The summed E-state index contributed by atoms with van der Waals surface area (Å²) in [6, 6.07) is 5.81. The van der Waals surface area contributed by atoms with Crippen LogP contribution in [0.25, 0.3) is 0 Å². The first-order valence-corrected chi connectivity index (χ1v) is 8.43. The summed E-state index contributed by atoms with van der Waals surface area (Å²) in [4.78, 5) is 11.9. The lowest BCUT2D eigenvalue weighted by Crippen LogP contribution is -2.12. The van der Waals surface area contributed by atoms with Crippen molar-refractivity contribution >= 4 is 23.5 Å². The van der Waals surface area contributed by atoms with Crippen molar-refractivity contribution in [3.8, 4) is 11.5 Å². The highest BCUT2D eigenvalue weighted by molar-refractivity contribution is 8.00. The molecule has 6 nitrogen and oxygen atoms in total. The van der Waals surface area contributed by atoms with Crippen LogP contribution in [-0.4, -0.2) is 35.1 Å². The van der Waals surface area contributed by atoms with Gasteiger partial charge in [-0.05, 0) is 19.9 Å². The van der Waals surface area contributed by atoms with E-state index in [1.165, 1.54) is 0 Å². The predicted octanol–water partition coefficient (Wildman–Crippen LogP) is 2.98. The number of nitrogens with one attached hydrogen (secondary N) is 2. The molecule has 1 atom stereocenters. The molecule has 0 radical (unpaired) electrons. The number of amides is 1. The molecular formula is C16H19N3O3S. The number of aromatic nitrogens is 2. The molecule has 0 fully saturated rings. The number of para-hydroxylation sites is 1. The zero-order chi connectivity index (χ0) is 16.4. The molecule has 122 valence electrons. The second-order valence-corrected chi connectivity index (χ2v) is 6.58. The summed E-state index contributed by atoms with van der Waals surface area (Å²) in [6.45, 7) is 3.95. The van der Waals surface area contributed by atoms with Crippen LogP contribution in [0, 0.1) is 0 Å². The summed E-state index contributed by atoms with van der Waals surface area (Å²) in [6.07, 6.45) is 1.77. The van der Waals surface area contributed by atoms with Crippen molar-refractivity contribution in [2.24, 2.45) is 0 Å². The van der Waals surface area contributed by atoms with Gasteiger partial charge in [0.05, 0.1) is 30.4 Å². The summed E-state index contributed by atoms with van der Waals surface area (Å²) >= 11 is 1.55. The van der Waals surface area contributed by atoms with E-state index in [0.29, 0.717) is 23.1 Å². The van der Waals surface area contributed by atoms with Gasteiger partial charge in [0.25, 0.3) is 0 Å². The van der Waals surface area contributed by atoms with Crippen molar-refractivity contribution < 1.29 is 14.3 Å². The van der Waals surface area contributed by atoms with Gasteiger partial charge in [-0.25, -0.2) is 0 Å². The molecule has 0 spiro atoms. The van der Waals surface area contributed by atoms with E-state index in [1.54, 1.807) is 25.1 Å². The number of fused-ring (bicyclic) bond motifs is 1. The normalized spacial score (nSPS) is 17.4. The number of nitrogens with zero attached hydrogens (tertiary/aromatic N) is 1. The Bertz CT molecular complexity index is 714. The number of benzene rings is 1. The first-order chi connectivity index (χ1) is 11.1. The average molecular weight is 333 g/mol. The molecule has 3 rings (SSSR count). The highest BCUT2D eigenvalue weighted by atomic mass is 32.2. The van der Waals surface area contributed by atoms with E-state index >= 15 is 0 Å². The van der Waals surface area contributed by atoms with E-state index in [2.05, 4.69) is 15.5 Å². The quantitative estimate of drug-likeness (QED) is 0.899. The summed E-state index contributed by atoms with van der Waals surface area (Å²) < 4.78 is 11.5. The first-order valence-electron chi connectivity index (χ1n) is 7.38. The molecule has 2 heterocycles. The fraction of sp³-hybridized carbons (Fsp3) is 0.375. The molecule has 0 saturated carbocycles. The van der Waals surface area contributed by atoms with Crippen LogP contribution in [0.3, 0.4) is 0 Å². The highest BCUT2D eigenvalue weighted by Gasteiger charge is 2.29. The third-order valence-corrected chi connectivity index (χ3v) is 4.73. The number of ether oxygens (including phenoxy) is 2. The van der Waals surface area contributed by atoms with Gasteiger partial charge >= 0.3 is 0 Å². The molecule has 2 N–H and O–H groups in total. The van der Waals surface area contributed by atoms with E-state index in [4.69, 9.17) is 9.47 Å². The maximum absolute atomic E-state index is 11.9.